The molecular formula is C31H44N4O4. The van der Waals surface area contributed by atoms with Crippen molar-refractivity contribution in [3.63, 3.8) is 0 Å². The number of benzene rings is 1. The second kappa shape index (κ2) is 13.8. The highest BCUT2D eigenvalue weighted by Gasteiger charge is 2.38. The summed E-state index contributed by atoms with van der Waals surface area (Å²) in [6, 6.07) is 7.02. The number of nitrogen functional groups attached to an aromatic ring is 1. The highest BCUT2D eigenvalue weighted by molar-refractivity contribution is 5.83. The van der Waals surface area contributed by atoms with Crippen LogP contribution in [0.15, 0.2) is 30.3 Å². The number of nitrogens with two attached hydrogens (primary N) is 1. The maximum Gasteiger partial charge on any atom is 0.325 e. The number of aliphatic carboxylic acids is 1. The third kappa shape index (κ3) is 7.11. The van der Waals surface area contributed by atoms with E-state index in [0.29, 0.717) is 30.9 Å². The zero-order valence-electron chi connectivity index (χ0n) is 23.7. The van der Waals surface area contributed by atoms with Crippen LogP contribution < -0.4 is 15.8 Å². The van der Waals surface area contributed by atoms with E-state index in [1.54, 1.807) is 7.11 Å². The summed E-state index contributed by atoms with van der Waals surface area (Å²) in [4.78, 5) is 19.0. The number of para-hydroxylation sites is 1. The third-order valence-corrected chi connectivity index (χ3v) is 7.76. The number of fused-ring (bicyclic) bond motifs is 1. The smallest absolute Gasteiger partial charge is 0.325 e. The predicted octanol–water partition coefficient (Wildman–Crippen LogP) is 5.47. The molecule has 4 rings (SSSR count). The molecule has 8 heteroatoms. The van der Waals surface area contributed by atoms with Crippen molar-refractivity contribution in [1.82, 2.24) is 9.88 Å². The lowest BCUT2D eigenvalue weighted by molar-refractivity contribution is -0.150. The Kier molecular flexibility index (Phi) is 10.2. The highest BCUT2D eigenvalue weighted by atomic mass is 16.5. The average molecular weight is 537 g/mol. The average Bonchev–Trinajstić information content (AvgIpc) is 2.91. The van der Waals surface area contributed by atoms with Crippen molar-refractivity contribution >= 4 is 23.0 Å². The van der Waals surface area contributed by atoms with Gasteiger partial charge in [0.1, 0.15) is 17.6 Å². The summed E-state index contributed by atoms with van der Waals surface area (Å²) in [5, 5.41) is 13.4. The molecule has 0 saturated carbocycles. The Labute approximate surface area is 232 Å². The van der Waals surface area contributed by atoms with Gasteiger partial charge < -0.3 is 25.6 Å². The zero-order chi connectivity index (χ0) is 27.8. The number of ether oxygens (including phenoxy) is 2. The fourth-order valence-electron chi connectivity index (χ4n) is 5.51. The van der Waals surface area contributed by atoms with Crippen LogP contribution in [0.3, 0.4) is 0 Å². The van der Waals surface area contributed by atoms with Gasteiger partial charge in [-0.25, -0.2) is 4.98 Å². The highest BCUT2D eigenvalue weighted by Crippen LogP contribution is 2.35. The maximum atomic E-state index is 12.2. The van der Waals surface area contributed by atoms with Gasteiger partial charge >= 0.3 is 5.97 Å². The van der Waals surface area contributed by atoms with Gasteiger partial charge in [-0.15, -0.1) is 0 Å². The number of allylic oxidation sites excluding steroid dienone is 2. The number of carboxylic acids is 1. The van der Waals surface area contributed by atoms with Gasteiger partial charge in [-0.2, -0.15) is 0 Å². The number of hydrogen-bond acceptors (Lipinski definition) is 7. The summed E-state index contributed by atoms with van der Waals surface area (Å²) >= 11 is 0. The lowest BCUT2D eigenvalue weighted by atomic mass is 9.94. The number of aromatic nitrogens is 1. The minimum Gasteiger partial charge on any atom is -0.496 e. The number of methoxy groups -OCH3 is 1. The Hall–Kier alpha value is -3.10. The minimum atomic E-state index is -0.880. The lowest BCUT2D eigenvalue weighted by Gasteiger charge is -2.42. The third-order valence-electron chi connectivity index (χ3n) is 7.76. The molecule has 0 radical (unpaired) electrons. The Morgan fingerprint density at radius 2 is 2.13 bits per heavy atom. The van der Waals surface area contributed by atoms with E-state index < -0.39 is 12.0 Å². The van der Waals surface area contributed by atoms with Crippen LogP contribution in [0.1, 0.15) is 80.8 Å². The molecule has 8 nitrogen and oxygen atoms in total. The SMILES string of the molecule is CCC/C=C(/C)c1cccc(C(C(=O)O)N2CC(OCCCCCc3cc(OC)c4c(n3)NCCC4)C2)c1N. The second-order valence-electron chi connectivity index (χ2n) is 10.7. The van der Waals surface area contributed by atoms with Crippen molar-refractivity contribution in [1.29, 1.82) is 0 Å². The second-order valence-corrected chi connectivity index (χ2v) is 10.7. The van der Waals surface area contributed by atoms with E-state index >= 15 is 0 Å². The molecule has 1 fully saturated rings. The monoisotopic (exact) mass is 536 g/mol. The van der Waals surface area contributed by atoms with Crippen LogP contribution in [0.2, 0.25) is 0 Å². The maximum absolute atomic E-state index is 12.2. The van der Waals surface area contributed by atoms with Crippen LogP contribution in [-0.2, 0) is 22.4 Å². The molecule has 3 heterocycles. The molecule has 1 atom stereocenters. The molecule has 39 heavy (non-hydrogen) atoms. The van der Waals surface area contributed by atoms with Gasteiger partial charge in [-0.3, -0.25) is 9.69 Å². The number of aryl methyl sites for hydroxylation is 1. The fourth-order valence-corrected chi connectivity index (χ4v) is 5.51. The number of pyridine rings is 1. The number of hydrogen-bond donors (Lipinski definition) is 3. The van der Waals surface area contributed by atoms with E-state index in [0.717, 1.165) is 86.3 Å². The summed E-state index contributed by atoms with van der Waals surface area (Å²) in [6.07, 6.45) is 10.3. The standard InChI is InChI=1S/C31H44N4O4/c1-4-5-11-21(2)24-13-9-14-26(28(24)32)29(31(36)37)35-19-23(20-35)39-17-8-6-7-12-22-18-27(38-3)25-15-10-16-33-30(25)34-22/h9,11,13-14,18,23,29H,4-8,10,12,15-17,19-20,32H2,1-3H3,(H,33,34)(H,36,37)/b21-11-. The number of nitrogens with one attached hydrogen (secondary N) is 1. The van der Waals surface area contributed by atoms with E-state index in [-0.39, 0.29) is 6.10 Å². The molecule has 2 aliphatic rings. The molecule has 1 saturated heterocycles. The molecule has 0 bridgehead atoms. The Bertz CT molecular complexity index is 1140. The lowest BCUT2D eigenvalue weighted by Crippen LogP contribution is -2.55. The van der Waals surface area contributed by atoms with Crippen molar-refractivity contribution < 1.29 is 19.4 Å². The molecule has 0 spiro atoms. The van der Waals surface area contributed by atoms with Gasteiger partial charge in [0.2, 0.25) is 0 Å². The van der Waals surface area contributed by atoms with Crippen molar-refractivity contribution in [2.24, 2.45) is 0 Å². The molecule has 2 aromatic rings. The van der Waals surface area contributed by atoms with Gasteiger partial charge in [0.05, 0.1) is 13.2 Å². The van der Waals surface area contributed by atoms with Crippen LogP contribution in [-0.4, -0.2) is 60.4 Å². The summed E-state index contributed by atoms with van der Waals surface area (Å²) in [5.74, 6) is 1.04. The van der Waals surface area contributed by atoms with E-state index in [4.69, 9.17) is 20.2 Å². The van der Waals surface area contributed by atoms with E-state index in [9.17, 15) is 9.90 Å². The normalized spacial score (nSPS) is 16.7. The van der Waals surface area contributed by atoms with Crippen LogP contribution in [0.25, 0.3) is 5.57 Å². The molecule has 0 aliphatic carbocycles. The first-order valence-electron chi connectivity index (χ1n) is 14.4. The summed E-state index contributed by atoms with van der Waals surface area (Å²) in [7, 11) is 1.73. The van der Waals surface area contributed by atoms with Gasteiger partial charge in [-0.1, -0.05) is 44.0 Å². The molecule has 1 aromatic carbocycles. The van der Waals surface area contributed by atoms with Crippen LogP contribution in [0.5, 0.6) is 5.75 Å². The Balaban J connectivity index is 1.22. The molecular weight excluding hydrogens is 492 g/mol. The number of carboxylic acid groups (broad SMARTS) is 1. The minimum absolute atomic E-state index is 0.0556. The van der Waals surface area contributed by atoms with Gasteiger partial charge in [0.25, 0.3) is 0 Å². The summed E-state index contributed by atoms with van der Waals surface area (Å²) in [6.45, 7) is 7.00. The van der Waals surface area contributed by atoms with E-state index in [1.165, 1.54) is 5.56 Å². The quantitative estimate of drug-likeness (QED) is 0.215. The number of anilines is 2. The van der Waals surface area contributed by atoms with Gasteiger partial charge in [0.15, 0.2) is 0 Å². The van der Waals surface area contributed by atoms with Crippen molar-refractivity contribution in [2.75, 3.05) is 44.4 Å². The van der Waals surface area contributed by atoms with Crippen LogP contribution in [0.4, 0.5) is 11.5 Å². The summed E-state index contributed by atoms with van der Waals surface area (Å²) < 4.78 is 11.7. The van der Waals surface area contributed by atoms with E-state index in [1.807, 2.05) is 30.0 Å². The molecule has 2 aliphatic heterocycles. The van der Waals surface area contributed by atoms with Crippen molar-refractivity contribution in [3.8, 4) is 5.75 Å². The molecule has 4 N–H and O–H groups in total. The molecule has 1 unspecified atom stereocenters. The van der Waals surface area contributed by atoms with Crippen LogP contribution in [0, 0.1) is 0 Å². The van der Waals surface area contributed by atoms with E-state index in [2.05, 4.69) is 24.4 Å². The first-order chi connectivity index (χ1) is 18.9. The topological polar surface area (TPSA) is 110 Å². The molecule has 212 valence electrons. The fraction of sp³-hybridized carbons (Fsp3) is 0.548. The number of likely N-dealkylation sites (tertiary alicyclic amines) is 1. The Morgan fingerprint density at radius 3 is 2.87 bits per heavy atom. The van der Waals surface area contributed by atoms with Crippen molar-refractivity contribution in [3.05, 3.63) is 52.7 Å². The number of carbonyl (C=O) groups is 1. The van der Waals surface area contributed by atoms with Crippen molar-refractivity contribution in [2.45, 2.75) is 77.4 Å². The first-order valence-corrected chi connectivity index (χ1v) is 14.4. The first kappa shape index (κ1) is 28.9. The summed E-state index contributed by atoms with van der Waals surface area (Å²) in [5.41, 5.74) is 12.0. The largest absolute Gasteiger partial charge is 0.496 e. The number of rotatable bonds is 14. The predicted molar refractivity (Wildman–Crippen MR) is 156 cm³/mol. The molecule has 0 amide bonds. The molecule has 1 aromatic heterocycles. The van der Waals surface area contributed by atoms with Gasteiger partial charge in [-0.05, 0) is 51.0 Å². The Morgan fingerprint density at radius 1 is 1.31 bits per heavy atom. The van der Waals surface area contributed by atoms with Crippen LogP contribution >= 0.6 is 0 Å². The number of unbranched alkanes of at least 4 members (excludes halogenated alkanes) is 3. The zero-order valence-corrected chi connectivity index (χ0v) is 23.7. The van der Waals surface area contributed by atoms with Gasteiger partial charge in [0, 0.05) is 60.4 Å². The number of nitrogens with zero attached hydrogens (tertiary/aromatic N) is 2.